The van der Waals surface area contributed by atoms with Gasteiger partial charge in [0.05, 0.1) is 10.6 Å². The fraction of sp³-hybridized carbons (Fsp3) is 0.465. The quantitative estimate of drug-likeness (QED) is 0.361. The number of nitrogens with zero attached hydrogens (tertiary/aromatic N) is 7. The summed E-state index contributed by atoms with van der Waals surface area (Å²) in [5.41, 5.74) is 6.37. The molecule has 6 aliphatic heterocycles. The summed E-state index contributed by atoms with van der Waals surface area (Å²) in [5.74, 6) is -0.740. The molecule has 2 atom stereocenters. The number of hydrogen-bond donors (Lipinski definition) is 1. The molecule has 6 aliphatic rings. The van der Waals surface area contributed by atoms with E-state index in [0.717, 1.165) is 87.6 Å². The molecule has 1 spiro atoms. The molecular weight excluding hydrogens is 728 g/mol. The summed E-state index contributed by atoms with van der Waals surface area (Å²) in [7, 11) is 0. The van der Waals surface area contributed by atoms with Crippen molar-refractivity contribution in [2.75, 3.05) is 73.6 Å². The van der Waals surface area contributed by atoms with Gasteiger partial charge in [-0.15, -0.1) is 0 Å². The molecule has 5 fully saturated rings. The average molecular weight is 775 g/mol. The van der Waals surface area contributed by atoms with E-state index in [9.17, 15) is 24.4 Å². The SMILES string of the molecule is CC1N(c2ccc(C#N)c(Cl)c2)CCC12CCN(c1ccc(C(=O)N3CCN(C4CN(c5ccc6c(c5)CN(C5CCC(=O)NC5=O)C6=O)C4)CC3)cc1)CC2. The molecule has 56 heavy (non-hydrogen) atoms. The molecule has 6 heterocycles. The van der Waals surface area contributed by atoms with Crippen LogP contribution >= 0.6 is 11.6 Å². The average Bonchev–Trinajstić information content (AvgIpc) is 3.69. The summed E-state index contributed by atoms with van der Waals surface area (Å²) in [6, 6.07) is 22.2. The van der Waals surface area contributed by atoms with E-state index < -0.39 is 11.9 Å². The van der Waals surface area contributed by atoms with Crippen molar-refractivity contribution < 1.29 is 19.2 Å². The van der Waals surface area contributed by atoms with Crippen molar-refractivity contribution in [1.29, 1.82) is 5.26 Å². The van der Waals surface area contributed by atoms with Crippen molar-refractivity contribution in [2.24, 2.45) is 5.41 Å². The van der Waals surface area contributed by atoms with E-state index in [0.29, 0.717) is 54.3 Å². The molecule has 0 aliphatic carbocycles. The lowest BCUT2D eigenvalue weighted by molar-refractivity contribution is -0.136. The summed E-state index contributed by atoms with van der Waals surface area (Å²) in [4.78, 5) is 64.0. The molecule has 9 rings (SSSR count). The van der Waals surface area contributed by atoms with E-state index in [-0.39, 0.29) is 29.6 Å². The molecular formula is C43H47ClN8O4. The number of anilines is 3. The summed E-state index contributed by atoms with van der Waals surface area (Å²) < 4.78 is 0. The second-order valence-electron chi connectivity index (χ2n) is 16.4. The Kier molecular flexibility index (Phi) is 9.41. The lowest BCUT2D eigenvalue weighted by atomic mass is 9.73. The Hall–Kier alpha value is -5.12. The number of carbonyl (C=O) groups is 4. The maximum absolute atomic E-state index is 13.6. The van der Waals surface area contributed by atoms with Crippen LogP contribution in [0.2, 0.25) is 5.02 Å². The lowest BCUT2D eigenvalue weighted by Gasteiger charge is -2.49. The molecule has 3 aromatic rings. The Balaban J connectivity index is 0.734. The van der Waals surface area contributed by atoms with Crippen LogP contribution in [0.15, 0.2) is 60.7 Å². The zero-order valence-electron chi connectivity index (χ0n) is 31.8. The van der Waals surface area contributed by atoms with Gasteiger partial charge in [0.15, 0.2) is 0 Å². The van der Waals surface area contributed by atoms with E-state index in [1.165, 1.54) is 5.69 Å². The van der Waals surface area contributed by atoms with Crippen LogP contribution in [0.25, 0.3) is 0 Å². The van der Waals surface area contributed by atoms with Crippen molar-refractivity contribution in [1.82, 2.24) is 20.0 Å². The van der Waals surface area contributed by atoms with Gasteiger partial charge in [0.25, 0.3) is 11.8 Å². The molecule has 0 bridgehead atoms. The maximum Gasteiger partial charge on any atom is 0.255 e. The van der Waals surface area contributed by atoms with Gasteiger partial charge in [0.2, 0.25) is 11.8 Å². The molecule has 0 saturated carbocycles. The third-order valence-corrected chi connectivity index (χ3v) is 14.0. The highest BCUT2D eigenvalue weighted by molar-refractivity contribution is 6.32. The Bertz CT molecular complexity index is 2110. The normalized spacial score (nSPS) is 24.0. The fourth-order valence-corrected chi connectivity index (χ4v) is 10.2. The largest absolute Gasteiger partial charge is 0.371 e. The van der Waals surface area contributed by atoms with Crippen LogP contribution in [0.1, 0.15) is 70.9 Å². The fourth-order valence-electron chi connectivity index (χ4n) is 10.0. The van der Waals surface area contributed by atoms with Crippen LogP contribution in [0.3, 0.4) is 0 Å². The number of benzene rings is 3. The van der Waals surface area contributed by atoms with Gasteiger partial charge in [-0.3, -0.25) is 29.4 Å². The predicted octanol–water partition coefficient (Wildman–Crippen LogP) is 4.50. The topological polar surface area (TPSA) is 124 Å². The number of piperidine rings is 2. The number of amides is 4. The van der Waals surface area contributed by atoms with Gasteiger partial charge in [-0.2, -0.15) is 5.26 Å². The van der Waals surface area contributed by atoms with E-state index >= 15 is 0 Å². The summed E-state index contributed by atoms with van der Waals surface area (Å²) in [6.45, 7) is 10.5. The number of hydrogen-bond acceptors (Lipinski definition) is 9. The zero-order chi connectivity index (χ0) is 38.7. The molecule has 290 valence electrons. The highest BCUT2D eigenvalue weighted by atomic mass is 35.5. The maximum atomic E-state index is 13.6. The lowest BCUT2D eigenvalue weighted by Crippen LogP contribution is -2.63. The molecule has 3 aromatic carbocycles. The first-order valence-electron chi connectivity index (χ1n) is 20.0. The third kappa shape index (κ3) is 6.44. The second-order valence-corrected chi connectivity index (χ2v) is 16.8. The van der Waals surface area contributed by atoms with Crippen LogP contribution in [0, 0.1) is 16.7 Å². The minimum absolute atomic E-state index is 0.0888. The number of halogens is 1. The van der Waals surface area contributed by atoms with Gasteiger partial charge in [0, 0.05) is 112 Å². The van der Waals surface area contributed by atoms with Gasteiger partial charge in [-0.25, -0.2) is 0 Å². The first kappa shape index (κ1) is 36.5. The summed E-state index contributed by atoms with van der Waals surface area (Å²) >= 11 is 6.38. The van der Waals surface area contributed by atoms with Gasteiger partial charge in [-0.05, 0) is 104 Å². The van der Waals surface area contributed by atoms with E-state index in [4.69, 9.17) is 11.6 Å². The number of nitrogens with one attached hydrogen (secondary N) is 1. The third-order valence-electron chi connectivity index (χ3n) is 13.7. The van der Waals surface area contributed by atoms with Gasteiger partial charge >= 0.3 is 0 Å². The second kappa shape index (κ2) is 14.4. The van der Waals surface area contributed by atoms with Crippen LogP contribution in [0.5, 0.6) is 0 Å². The van der Waals surface area contributed by atoms with Crippen molar-refractivity contribution in [3.63, 3.8) is 0 Å². The Morgan fingerprint density at radius 1 is 0.821 bits per heavy atom. The predicted molar refractivity (Wildman–Crippen MR) is 214 cm³/mol. The first-order chi connectivity index (χ1) is 27.1. The van der Waals surface area contributed by atoms with E-state index in [2.05, 4.69) is 56.1 Å². The van der Waals surface area contributed by atoms with Crippen LogP contribution in [-0.4, -0.2) is 115 Å². The van der Waals surface area contributed by atoms with Crippen molar-refractivity contribution >= 4 is 52.3 Å². The number of fused-ring (bicyclic) bond motifs is 1. The zero-order valence-corrected chi connectivity index (χ0v) is 32.5. The van der Waals surface area contributed by atoms with Crippen LogP contribution in [0.4, 0.5) is 17.1 Å². The van der Waals surface area contributed by atoms with Gasteiger partial charge in [-0.1, -0.05) is 11.6 Å². The van der Waals surface area contributed by atoms with E-state index in [1.807, 2.05) is 47.4 Å². The molecule has 1 N–H and O–H groups in total. The van der Waals surface area contributed by atoms with E-state index in [1.54, 1.807) is 4.90 Å². The van der Waals surface area contributed by atoms with Gasteiger partial charge in [0.1, 0.15) is 12.1 Å². The number of carbonyl (C=O) groups excluding carboxylic acids is 4. The first-order valence-corrected chi connectivity index (χ1v) is 20.4. The number of piperazine rings is 1. The standard InChI is InChI=1S/C43H47ClN8O4/c1-28-43(14-17-51(28)34-7-4-30(24-45)37(44)23-34)12-15-47(16-13-43)32-5-2-29(3-6-32)41(55)49-20-18-48(19-21-49)35-26-50(27-35)33-8-9-36-31(22-33)25-52(42(36)56)38-10-11-39(53)46-40(38)54/h2-9,22-23,28,35,38H,10-21,25-27H2,1H3,(H,46,53,54). The van der Waals surface area contributed by atoms with Gasteiger partial charge < -0.3 is 24.5 Å². The Labute approximate surface area is 332 Å². The molecule has 2 unspecified atom stereocenters. The van der Waals surface area contributed by atoms with Crippen LogP contribution in [-0.2, 0) is 16.1 Å². The molecule has 5 saturated heterocycles. The Morgan fingerprint density at radius 2 is 1.52 bits per heavy atom. The monoisotopic (exact) mass is 774 g/mol. The highest BCUT2D eigenvalue weighted by Gasteiger charge is 2.47. The minimum atomic E-state index is -0.610. The highest BCUT2D eigenvalue weighted by Crippen LogP contribution is 2.47. The number of nitriles is 1. The van der Waals surface area contributed by atoms with Crippen molar-refractivity contribution in [3.05, 3.63) is 87.9 Å². The summed E-state index contributed by atoms with van der Waals surface area (Å²) in [5, 5.41) is 12.2. The molecule has 4 amide bonds. The minimum Gasteiger partial charge on any atom is -0.371 e. The smallest absolute Gasteiger partial charge is 0.255 e. The number of imide groups is 1. The Morgan fingerprint density at radius 3 is 2.21 bits per heavy atom. The van der Waals surface area contributed by atoms with Crippen molar-refractivity contribution in [2.45, 2.75) is 63.7 Å². The van der Waals surface area contributed by atoms with Crippen LogP contribution < -0.4 is 20.0 Å². The molecule has 0 aromatic heterocycles. The van der Waals surface area contributed by atoms with Crippen molar-refractivity contribution in [3.8, 4) is 6.07 Å². The molecule has 13 heteroatoms. The molecule has 0 radical (unpaired) electrons. The number of rotatable bonds is 6. The molecule has 12 nitrogen and oxygen atoms in total. The summed E-state index contributed by atoms with van der Waals surface area (Å²) in [6.07, 6.45) is 3.96.